The first-order valence-corrected chi connectivity index (χ1v) is 10.9. The normalized spacial score (nSPS) is 22.8. The molecule has 2 N–H and O–H groups in total. The molecule has 7 heteroatoms. The van der Waals surface area contributed by atoms with Crippen molar-refractivity contribution in [1.29, 1.82) is 0 Å². The lowest BCUT2D eigenvalue weighted by Gasteiger charge is -2.34. The molecule has 0 spiro atoms. The molecule has 0 bridgehead atoms. The Hall–Kier alpha value is -1.60. The van der Waals surface area contributed by atoms with Gasteiger partial charge in [-0.1, -0.05) is 68.0 Å². The molecule has 2 aromatic rings. The van der Waals surface area contributed by atoms with Gasteiger partial charge in [0.2, 0.25) is 11.0 Å². The number of rotatable bonds is 6. The minimum atomic E-state index is 0.0876. The molecule has 1 aliphatic rings. The summed E-state index contributed by atoms with van der Waals surface area (Å²) in [7, 11) is 0. The van der Waals surface area contributed by atoms with Gasteiger partial charge in [0.25, 0.3) is 0 Å². The Bertz CT molecular complexity index is 749. The van der Waals surface area contributed by atoms with Crippen molar-refractivity contribution in [1.82, 2.24) is 15.5 Å². The van der Waals surface area contributed by atoms with Crippen LogP contribution in [0.3, 0.4) is 0 Å². The monoisotopic (exact) mass is 390 g/mol. The van der Waals surface area contributed by atoms with Gasteiger partial charge >= 0.3 is 0 Å². The molecule has 0 saturated heterocycles. The SMILES string of the molecule is Cc1ccccc1Nc1nnc(SCC(=O)N[C@H]2CCC[C@@H](C)[C@@H]2C)s1. The van der Waals surface area contributed by atoms with Crippen molar-refractivity contribution >= 4 is 39.8 Å². The molecule has 26 heavy (non-hydrogen) atoms. The summed E-state index contributed by atoms with van der Waals surface area (Å²) in [6.45, 7) is 6.58. The summed E-state index contributed by atoms with van der Waals surface area (Å²) in [5.74, 6) is 1.70. The number of nitrogens with one attached hydrogen (secondary N) is 2. The van der Waals surface area contributed by atoms with Gasteiger partial charge in [0.15, 0.2) is 4.34 Å². The van der Waals surface area contributed by atoms with E-state index in [1.807, 2.05) is 18.2 Å². The highest BCUT2D eigenvalue weighted by Gasteiger charge is 2.28. The van der Waals surface area contributed by atoms with Crippen molar-refractivity contribution in [3.8, 4) is 0 Å². The molecule has 1 amide bonds. The number of para-hydroxylation sites is 1. The minimum Gasteiger partial charge on any atom is -0.352 e. The van der Waals surface area contributed by atoms with E-state index in [1.54, 1.807) is 0 Å². The summed E-state index contributed by atoms with van der Waals surface area (Å²) >= 11 is 2.92. The Kier molecular flexibility index (Phi) is 6.53. The second kappa shape index (κ2) is 8.86. The Balaban J connectivity index is 1.48. The van der Waals surface area contributed by atoms with Gasteiger partial charge < -0.3 is 10.6 Å². The van der Waals surface area contributed by atoms with Crippen LogP contribution in [-0.2, 0) is 4.79 Å². The lowest BCUT2D eigenvalue weighted by molar-refractivity contribution is -0.119. The van der Waals surface area contributed by atoms with Gasteiger partial charge in [0.1, 0.15) is 0 Å². The standard InChI is InChI=1S/C19H26N4OS2/c1-12-8-6-10-16(14(12)3)20-17(24)11-25-19-23-22-18(26-19)21-15-9-5-4-7-13(15)2/h4-5,7,9,12,14,16H,6,8,10-11H2,1-3H3,(H,20,24)(H,21,22)/t12-,14+,16+/m1/s1. The van der Waals surface area contributed by atoms with Crippen molar-refractivity contribution in [3.05, 3.63) is 29.8 Å². The molecule has 1 saturated carbocycles. The smallest absolute Gasteiger partial charge is 0.230 e. The third-order valence-corrected chi connectivity index (χ3v) is 7.15. The van der Waals surface area contributed by atoms with Crippen LogP contribution in [0.5, 0.6) is 0 Å². The van der Waals surface area contributed by atoms with Gasteiger partial charge in [-0.15, -0.1) is 10.2 Å². The number of carbonyl (C=O) groups is 1. The molecule has 5 nitrogen and oxygen atoms in total. The van der Waals surface area contributed by atoms with Crippen LogP contribution in [0.2, 0.25) is 0 Å². The summed E-state index contributed by atoms with van der Waals surface area (Å²) in [6.07, 6.45) is 3.56. The number of benzene rings is 1. The van der Waals surface area contributed by atoms with E-state index < -0.39 is 0 Å². The number of nitrogens with zero attached hydrogens (tertiary/aromatic N) is 2. The number of carbonyl (C=O) groups excluding carboxylic acids is 1. The van der Waals surface area contributed by atoms with Crippen LogP contribution >= 0.6 is 23.1 Å². The average Bonchev–Trinajstić information content (AvgIpc) is 3.07. The van der Waals surface area contributed by atoms with E-state index in [0.717, 1.165) is 27.1 Å². The molecule has 1 aromatic carbocycles. The van der Waals surface area contributed by atoms with Crippen LogP contribution in [-0.4, -0.2) is 27.9 Å². The number of aryl methyl sites for hydroxylation is 1. The number of hydrogen-bond acceptors (Lipinski definition) is 6. The summed E-state index contributed by atoms with van der Waals surface area (Å²) in [5, 5.41) is 15.6. The van der Waals surface area contributed by atoms with Crippen molar-refractivity contribution in [2.45, 2.75) is 50.4 Å². The maximum Gasteiger partial charge on any atom is 0.230 e. The number of hydrogen-bond donors (Lipinski definition) is 2. The maximum absolute atomic E-state index is 12.3. The fraction of sp³-hybridized carbons (Fsp3) is 0.526. The highest BCUT2D eigenvalue weighted by Crippen LogP contribution is 2.31. The van der Waals surface area contributed by atoms with Gasteiger partial charge in [-0.2, -0.15) is 0 Å². The van der Waals surface area contributed by atoms with E-state index in [4.69, 9.17) is 0 Å². The first kappa shape index (κ1) is 19.2. The van der Waals surface area contributed by atoms with Crippen LogP contribution in [0.4, 0.5) is 10.8 Å². The third kappa shape index (κ3) is 4.98. The first-order valence-electron chi connectivity index (χ1n) is 9.11. The average molecular weight is 391 g/mol. The van der Waals surface area contributed by atoms with Crippen molar-refractivity contribution in [2.24, 2.45) is 11.8 Å². The van der Waals surface area contributed by atoms with Crippen LogP contribution in [0.1, 0.15) is 38.7 Å². The minimum absolute atomic E-state index is 0.0876. The molecule has 1 aromatic heterocycles. The molecule has 3 rings (SSSR count). The molecule has 0 unspecified atom stereocenters. The Morgan fingerprint density at radius 2 is 2.08 bits per heavy atom. The van der Waals surface area contributed by atoms with Crippen molar-refractivity contribution in [3.63, 3.8) is 0 Å². The zero-order chi connectivity index (χ0) is 18.5. The highest BCUT2D eigenvalue weighted by atomic mass is 32.2. The first-order chi connectivity index (χ1) is 12.5. The molecule has 1 heterocycles. The third-order valence-electron chi connectivity index (χ3n) is 5.17. The van der Waals surface area contributed by atoms with E-state index in [-0.39, 0.29) is 5.91 Å². The van der Waals surface area contributed by atoms with E-state index in [2.05, 4.69) is 47.7 Å². The van der Waals surface area contributed by atoms with Gasteiger partial charge in [-0.05, 0) is 36.8 Å². The number of aromatic nitrogens is 2. The molecule has 3 atom stereocenters. The molecule has 0 radical (unpaired) electrons. The maximum atomic E-state index is 12.3. The lowest BCUT2D eigenvalue weighted by atomic mass is 9.78. The Labute approximate surface area is 163 Å². The predicted molar refractivity (Wildman–Crippen MR) is 109 cm³/mol. The molecule has 0 aliphatic heterocycles. The zero-order valence-corrected chi connectivity index (χ0v) is 17.1. The van der Waals surface area contributed by atoms with E-state index in [1.165, 1.54) is 35.9 Å². The second-order valence-corrected chi connectivity index (χ2v) is 9.24. The quantitative estimate of drug-likeness (QED) is 0.704. The number of thioether (sulfide) groups is 1. The largest absolute Gasteiger partial charge is 0.352 e. The molecular weight excluding hydrogens is 364 g/mol. The number of amides is 1. The molecule has 1 fully saturated rings. The van der Waals surface area contributed by atoms with Crippen LogP contribution in [0.15, 0.2) is 28.6 Å². The van der Waals surface area contributed by atoms with Crippen molar-refractivity contribution in [2.75, 3.05) is 11.1 Å². The van der Waals surface area contributed by atoms with Gasteiger partial charge in [0, 0.05) is 11.7 Å². The fourth-order valence-corrected chi connectivity index (χ4v) is 4.88. The van der Waals surface area contributed by atoms with Gasteiger partial charge in [-0.25, -0.2) is 0 Å². The Morgan fingerprint density at radius 3 is 2.88 bits per heavy atom. The highest BCUT2D eigenvalue weighted by molar-refractivity contribution is 8.01. The summed E-state index contributed by atoms with van der Waals surface area (Å²) in [6, 6.07) is 8.37. The summed E-state index contributed by atoms with van der Waals surface area (Å²) in [5.41, 5.74) is 2.19. The summed E-state index contributed by atoms with van der Waals surface area (Å²) < 4.78 is 0.807. The van der Waals surface area contributed by atoms with E-state index >= 15 is 0 Å². The predicted octanol–water partition coefficient (Wildman–Crippen LogP) is 4.62. The molecule has 140 valence electrons. The number of anilines is 2. The second-order valence-electron chi connectivity index (χ2n) is 7.04. The van der Waals surface area contributed by atoms with Gasteiger partial charge in [0.05, 0.1) is 5.75 Å². The topological polar surface area (TPSA) is 66.9 Å². The van der Waals surface area contributed by atoms with E-state index in [0.29, 0.717) is 23.6 Å². The molecule has 1 aliphatic carbocycles. The Morgan fingerprint density at radius 1 is 1.27 bits per heavy atom. The lowest BCUT2D eigenvalue weighted by Crippen LogP contribution is -2.44. The van der Waals surface area contributed by atoms with Crippen LogP contribution in [0, 0.1) is 18.8 Å². The van der Waals surface area contributed by atoms with Crippen LogP contribution in [0.25, 0.3) is 0 Å². The van der Waals surface area contributed by atoms with Crippen LogP contribution < -0.4 is 10.6 Å². The van der Waals surface area contributed by atoms with E-state index in [9.17, 15) is 4.79 Å². The zero-order valence-electron chi connectivity index (χ0n) is 15.5. The van der Waals surface area contributed by atoms with Crippen molar-refractivity contribution < 1.29 is 4.79 Å². The van der Waals surface area contributed by atoms with Gasteiger partial charge in [-0.3, -0.25) is 4.79 Å². The molecular formula is C19H26N4OS2. The summed E-state index contributed by atoms with van der Waals surface area (Å²) in [4.78, 5) is 12.3. The fourth-order valence-electron chi connectivity index (χ4n) is 3.31.